The Kier molecular flexibility index (Phi) is 5.44. The van der Waals surface area contributed by atoms with E-state index in [1.807, 2.05) is 12.1 Å². The Hall–Kier alpha value is -3.00. The molecule has 3 N–H and O–H groups in total. The fourth-order valence-corrected chi connectivity index (χ4v) is 3.81. The number of hydrogen-bond donors (Lipinski definition) is 2. The van der Waals surface area contributed by atoms with Gasteiger partial charge in [0.25, 0.3) is 0 Å². The first-order valence-electron chi connectivity index (χ1n) is 9.74. The minimum absolute atomic E-state index is 0.138. The van der Waals surface area contributed by atoms with Crippen LogP contribution in [0, 0.1) is 5.82 Å². The van der Waals surface area contributed by atoms with Crippen molar-refractivity contribution in [2.24, 2.45) is 5.73 Å². The Morgan fingerprint density at radius 3 is 2.86 bits per heavy atom. The van der Waals surface area contributed by atoms with Gasteiger partial charge in [0.1, 0.15) is 11.9 Å². The molecule has 152 valence electrons. The number of nitrogens with zero attached hydrogens (tertiary/aromatic N) is 2. The smallest absolute Gasteiger partial charge is 0.414 e. The van der Waals surface area contributed by atoms with Crippen molar-refractivity contribution >= 4 is 17.7 Å². The SMILES string of the molecule is NC(=O)CCC1CN(c2ccc(-c3ccc(C4CCNC4)nc3)c(F)c2)C(=O)O1. The third kappa shape index (κ3) is 4.22. The van der Waals surface area contributed by atoms with Crippen LogP contribution in [0.25, 0.3) is 11.1 Å². The highest BCUT2D eigenvalue weighted by molar-refractivity contribution is 5.90. The van der Waals surface area contributed by atoms with E-state index in [0.717, 1.165) is 25.2 Å². The van der Waals surface area contributed by atoms with Crippen LogP contribution >= 0.6 is 0 Å². The van der Waals surface area contributed by atoms with Crippen LogP contribution in [0.1, 0.15) is 30.9 Å². The number of pyridine rings is 1. The number of rotatable bonds is 6. The quantitative estimate of drug-likeness (QED) is 0.779. The van der Waals surface area contributed by atoms with E-state index in [9.17, 15) is 14.0 Å². The van der Waals surface area contributed by atoms with Gasteiger partial charge in [0.2, 0.25) is 5.91 Å². The Bertz CT molecular complexity index is 913. The average Bonchev–Trinajstić information content (AvgIpc) is 3.36. The minimum Gasteiger partial charge on any atom is -0.444 e. The third-order valence-electron chi connectivity index (χ3n) is 5.43. The number of carbonyl (C=O) groups is 2. The number of anilines is 1. The number of hydrogen-bond acceptors (Lipinski definition) is 5. The van der Waals surface area contributed by atoms with Gasteiger partial charge in [-0.05, 0) is 43.7 Å². The second kappa shape index (κ2) is 8.16. The van der Waals surface area contributed by atoms with E-state index in [-0.39, 0.29) is 13.0 Å². The van der Waals surface area contributed by atoms with Crippen LogP contribution in [0.3, 0.4) is 0 Å². The topological polar surface area (TPSA) is 97.5 Å². The molecule has 1 aromatic heterocycles. The van der Waals surface area contributed by atoms with Crippen molar-refractivity contribution in [2.75, 3.05) is 24.5 Å². The number of benzene rings is 1. The number of nitrogens with two attached hydrogens (primary N) is 1. The van der Waals surface area contributed by atoms with Gasteiger partial charge in [0, 0.05) is 41.9 Å². The number of aromatic nitrogens is 1. The molecular formula is C21H23FN4O3. The summed E-state index contributed by atoms with van der Waals surface area (Å²) in [5.41, 5.74) is 7.68. The predicted octanol–water partition coefficient (Wildman–Crippen LogP) is 2.56. The summed E-state index contributed by atoms with van der Waals surface area (Å²) in [5.74, 6) is -0.480. The second-order valence-electron chi connectivity index (χ2n) is 7.45. The van der Waals surface area contributed by atoms with E-state index in [2.05, 4.69) is 10.3 Å². The summed E-state index contributed by atoms with van der Waals surface area (Å²) in [6.45, 7) is 2.17. The molecule has 0 spiro atoms. The van der Waals surface area contributed by atoms with E-state index < -0.39 is 23.9 Å². The van der Waals surface area contributed by atoms with Crippen LogP contribution in [0.4, 0.5) is 14.9 Å². The molecule has 0 aliphatic carbocycles. The molecule has 2 fully saturated rings. The second-order valence-corrected chi connectivity index (χ2v) is 7.45. The van der Waals surface area contributed by atoms with E-state index >= 15 is 0 Å². The Morgan fingerprint density at radius 2 is 2.21 bits per heavy atom. The fraction of sp³-hybridized carbons (Fsp3) is 0.381. The zero-order valence-corrected chi connectivity index (χ0v) is 15.9. The molecule has 2 aliphatic rings. The fourth-order valence-electron chi connectivity index (χ4n) is 3.81. The summed E-state index contributed by atoms with van der Waals surface area (Å²) in [6, 6.07) is 8.47. The van der Waals surface area contributed by atoms with Crippen LogP contribution < -0.4 is 16.0 Å². The molecule has 8 heteroatoms. The number of nitrogens with one attached hydrogen (secondary N) is 1. The first-order valence-corrected chi connectivity index (χ1v) is 9.74. The zero-order chi connectivity index (χ0) is 20.4. The van der Waals surface area contributed by atoms with Crippen molar-refractivity contribution in [1.82, 2.24) is 10.3 Å². The Labute approximate surface area is 168 Å². The first-order chi connectivity index (χ1) is 14.0. The van der Waals surface area contributed by atoms with Gasteiger partial charge in [-0.15, -0.1) is 0 Å². The maximum atomic E-state index is 14.8. The number of primary amides is 1. The van der Waals surface area contributed by atoms with E-state index in [1.54, 1.807) is 18.3 Å². The Balaban J connectivity index is 1.48. The van der Waals surface area contributed by atoms with Crippen LogP contribution in [0.2, 0.25) is 0 Å². The van der Waals surface area contributed by atoms with E-state index in [4.69, 9.17) is 10.5 Å². The van der Waals surface area contributed by atoms with Crippen molar-refractivity contribution in [3.05, 3.63) is 48.0 Å². The van der Waals surface area contributed by atoms with Gasteiger partial charge >= 0.3 is 6.09 Å². The number of ether oxygens (including phenoxy) is 1. The monoisotopic (exact) mass is 398 g/mol. The van der Waals surface area contributed by atoms with Crippen molar-refractivity contribution in [2.45, 2.75) is 31.3 Å². The summed E-state index contributed by atoms with van der Waals surface area (Å²) in [4.78, 5) is 28.9. The molecule has 29 heavy (non-hydrogen) atoms. The Morgan fingerprint density at radius 1 is 1.34 bits per heavy atom. The normalized spacial score (nSPS) is 21.4. The predicted molar refractivity (Wildman–Crippen MR) is 106 cm³/mol. The molecule has 0 bridgehead atoms. The molecule has 2 unspecified atom stereocenters. The molecule has 2 amide bonds. The molecule has 1 aromatic carbocycles. The van der Waals surface area contributed by atoms with Gasteiger partial charge < -0.3 is 15.8 Å². The highest BCUT2D eigenvalue weighted by Gasteiger charge is 2.32. The summed E-state index contributed by atoms with van der Waals surface area (Å²) in [5, 5.41) is 3.31. The molecule has 2 aliphatic heterocycles. The number of carbonyl (C=O) groups excluding carboxylic acids is 2. The first kappa shape index (κ1) is 19.3. The van der Waals surface area contributed by atoms with Crippen LogP contribution in [-0.2, 0) is 9.53 Å². The lowest BCUT2D eigenvalue weighted by atomic mass is 10.0. The molecule has 0 radical (unpaired) electrons. The van der Waals surface area contributed by atoms with Crippen molar-refractivity contribution in [1.29, 1.82) is 0 Å². The van der Waals surface area contributed by atoms with Crippen molar-refractivity contribution < 1.29 is 18.7 Å². The lowest BCUT2D eigenvalue weighted by molar-refractivity contribution is -0.118. The number of halogens is 1. The number of cyclic esters (lactones) is 1. The molecule has 2 saturated heterocycles. The molecule has 2 atom stereocenters. The standard InChI is InChI=1S/C21H23FN4O3/c22-18-9-15(26-12-16(29-21(26)28)3-6-20(23)27)2-4-17(18)13-1-5-19(25-11-13)14-7-8-24-10-14/h1-2,4-5,9,11,14,16,24H,3,6-8,10,12H2,(H2,23,27). The van der Waals surface area contributed by atoms with Gasteiger partial charge in [0.15, 0.2) is 0 Å². The summed E-state index contributed by atoms with van der Waals surface area (Å²) in [6.07, 6.45) is 2.26. The highest BCUT2D eigenvalue weighted by Crippen LogP contribution is 2.30. The largest absolute Gasteiger partial charge is 0.444 e. The van der Waals surface area contributed by atoms with Gasteiger partial charge in [-0.1, -0.05) is 6.07 Å². The summed E-state index contributed by atoms with van der Waals surface area (Å²) >= 11 is 0. The van der Waals surface area contributed by atoms with E-state index in [1.165, 1.54) is 11.0 Å². The van der Waals surface area contributed by atoms with E-state index in [0.29, 0.717) is 29.2 Å². The van der Waals surface area contributed by atoms with Crippen molar-refractivity contribution in [3.63, 3.8) is 0 Å². The average molecular weight is 398 g/mol. The minimum atomic E-state index is -0.553. The summed E-state index contributed by atoms with van der Waals surface area (Å²) in [7, 11) is 0. The molecule has 7 nitrogen and oxygen atoms in total. The van der Waals surface area contributed by atoms with Crippen LogP contribution in [0.15, 0.2) is 36.5 Å². The molecule has 4 rings (SSSR count). The molecular weight excluding hydrogens is 375 g/mol. The van der Waals surface area contributed by atoms with Gasteiger partial charge in [0.05, 0.1) is 12.2 Å². The third-order valence-corrected chi connectivity index (χ3v) is 5.43. The van der Waals surface area contributed by atoms with Gasteiger partial charge in [-0.2, -0.15) is 0 Å². The van der Waals surface area contributed by atoms with Gasteiger partial charge in [-0.3, -0.25) is 14.7 Å². The zero-order valence-electron chi connectivity index (χ0n) is 15.9. The summed E-state index contributed by atoms with van der Waals surface area (Å²) < 4.78 is 20.0. The molecule has 0 saturated carbocycles. The number of amides is 2. The molecule has 3 heterocycles. The van der Waals surface area contributed by atoms with Crippen LogP contribution in [0.5, 0.6) is 0 Å². The van der Waals surface area contributed by atoms with Gasteiger partial charge in [-0.25, -0.2) is 9.18 Å². The van der Waals surface area contributed by atoms with Crippen molar-refractivity contribution in [3.8, 4) is 11.1 Å². The lowest BCUT2D eigenvalue weighted by Crippen LogP contribution is -2.25. The van der Waals surface area contributed by atoms with Crippen LogP contribution in [-0.4, -0.2) is 42.7 Å². The highest BCUT2D eigenvalue weighted by atomic mass is 19.1. The lowest BCUT2D eigenvalue weighted by Gasteiger charge is -2.15. The molecule has 2 aromatic rings. The maximum absolute atomic E-state index is 14.8. The maximum Gasteiger partial charge on any atom is 0.414 e.